The van der Waals surface area contributed by atoms with Gasteiger partial charge in [0.25, 0.3) is 0 Å². The first kappa shape index (κ1) is 31.2. The summed E-state index contributed by atoms with van der Waals surface area (Å²) < 4.78 is 4.82. The molecule has 1 saturated heterocycles. The average Bonchev–Trinajstić information content (AvgIpc) is 3.07. The quantitative estimate of drug-likeness (QED) is 0.258. The number of rotatable bonds is 10. The standard InChI is InChI=1S/C7H13NO3.C7H17NO2.C6H15NO2/c1-5(2)8-3-6(4-9)11-7(8)10;1-6(2)8(3)4-7(10)5-9;1-5(2)7-3-6(9)4-8/h5-6,9H,3-4H2,1-2H3;6-7,9-10H,4-5H2,1-3H3;5-9H,3-4H2,1-2H3. The van der Waals surface area contributed by atoms with Crippen LogP contribution in [0.1, 0.15) is 41.5 Å². The number of aliphatic hydroxyl groups is 5. The highest BCUT2D eigenvalue weighted by molar-refractivity contribution is 5.70. The van der Waals surface area contributed by atoms with Crippen molar-refractivity contribution in [3.05, 3.63) is 0 Å². The summed E-state index contributed by atoms with van der Waals surface area (Å²) in [4.78, 5) is 14.6. The lowest BCUT2D eigenvalue weighted by atomic mass is 10.3. The number of nitrogens with one attached hydrogen (secondary N) is 1. The van der Waals surface area contributed by atoms with Gasteiger partial charge in [-0.05, 0) is 34.7 Å². The van der Waals surface area contributed by atoms with Gasteiger partial charge >= 0.3 is 6.09 Å². The molecule has 182 valence electrons. The van der Waals surface area contributed by atoms with E-state index in [0.717, 1.165) is 0 Å². The molecule has 0 spiro atoms. The smallest absolute Gasteiger partial charge is 0.410 e. The minimum absolute atomic E-state index is 0.0883. The highest BCUT2D eigenvalue weighted by atomic mass is 16.6. The summed E-state index contributed by atoms with van der Waals surface area (Å²) in [6, 6.07) is 0.937. The van der Waals surface area contributed by atoms with E-state index >= 15 is 0 Å². The Morgan fingerprint density at radius 1 is 1.07 bits per heavy atom. The number of hydrogen-bond acceptors (Lipinski definition) is 9. The third kappa shape index (κ3) is 15.8. The number of hydrogen-bond donors (Lipinski definition) is 6. The lowest BCUT2D eigenvalue weighted by Crippen LogP contribution is -2.35. The van der Waals surface area contributed by atoms with Crippen molar-refractivity contribution >= 4 is 6.09 Å². The zero-order chi connectivity index (χ0) is 23.9. The Morgan fingerprint density at radius 2 is 1.60 bits per heavy atom. The zero-order valence-corrected chi connectivity index (χ0v) is 19.7. The molecular weight excluding hydrogens is 394 g/mol. The number of nitrogens with zero attached hydrogens (tertiary/aromatic N) is 2. The average molecular weight is 440 g/mol. The van der Waals surface area contributed by atoms with Gasteiger partial charge in [0.2, 0.25) is 0 Å². The van der Waals surface area contributed by atoms with E-state index < -0.39 is 12.2 Å². The summed E-state index contributed by atoms with van der Waals surface area (Å²) in [6.45, 7) is 13.0. The molecule has 0 aromatic heterocycles. The van der Waals surface area contributed by atoms with E-state index in [2.05, 4.69) is 5.32 Å². The van der Waals surface area contributed by atoms with Gasteiger partial charge in [0.1, 0.15) is 6.10 Å². The van der Waals surface area contributed by atoms with Crippen LogP contribution in [0.5, 0.6) is 0 Å². The van der Waals surface area contributed by atoms with Crippen molar-refractivity contribution in [1.82, 2.24) is 15.1 Å². The van der Waals surface area contributed by atoms with Crippen LogP contribution in [-0.4, -0.2) is 124 Å². The number of amides is 1. The van der Waals surface area contributed by atoms with Gasteiger partial charge in [-0.3, -0.25) is 0 Å². The maximum atomic E-state index is 11.0. The van der Waals surface area contributed by atoms with Crippen molar-refractivity contribution in [3.63, 3.8) is 0 Å². The third-order valence-electron chi connectivity index (χ3n) is 4.29. The molecule has 0 aromatic rings. The molecular formula is C20H45N3O7. The maximum Gasteiger partial charge on any atom is 0.410 e. The summed E-state index contributed by atoms with van der Waals surface area (Å²) in [7, 11) is 1.92. The van der Waals surface area contributed by atoms with Crippen LogP contribution in [-0.2, 0) is 4.74 Å². The predicted molar refractivity (Wildman–Crippen MR) is 116 cm³/mol. The topological polar surface area (TPSA) is 146 Å². The lowest BCUT2D eigenvalue weighted by molar-refractivity contribution is 0.0588. The molecule has 0 radical (unpaired) electrons. The molecule has 0 saturated carbocycles. The Hall–Kier alpha value is -1.01. The highest BCUT2D eigenvalue weighted by Gasteiger charge is 2.31. The second-order valence-corrected chi connectivity index (χ2v) is 8.20. The van der Waals surface area contributed by atoms with Crippen molar-refractivity contribution in [3.8, 4) is 0 Å². The van der Waals surface area contributed by atoms with Crippen molar-refractivity contribution < 1.29 is 35.1 Å². The van der Waals surface area contributed by atoms with E-state index in [1.807, 2.05) is 53.5 Å². The Balaban J connectivity index is 0. The molecule has 30 heavy (non-hydrogen) atoms. The molecule has 1 fully saturated rings. The largest absolute Gasteiger partial charge is 0.442 e. The predicted octanol–water partition coefficient (Wildman–Crippen LogP) is -0.775. The first-order chi connectivity index (χ1) is 13.9. The van der Waals surface area contributed by atoms with Crippen LogP contribution in [0, 0.1) is 0 Å². The Kier molecular flexibility index (Phi) is 18.3. The van der Waals surface area contributed by atoms with Gasteiger partial charge in [-0.15, -0.1) is 0 Å². The highest BCUT2D eigenvalue weighted by Crippen LogP contribution is 2.13. The molecule has 1 heterocycles. The van der Waals surface area contributed by atoms with Crippen LogP contribution in [0.25, 0.3) is 0 Å². The third-order valence-corrected chi connectivity index (χ3v) is 4.29. The van der Waals surface area contributed by atoms with E-state index in [9.17, 15) is 4.79 Å². The number of ether oxygens (including phenoxy) is 1. The van der Waals surface area contributed by atoms with Gasteiger partial charge in [0.05, 0.1) is 38.6 Å². The van der Waals surface area contributed by atoms with E-state index in [-0.39, 0.29) is 38.1 Å². The van der Waals surface area contributed by atoms with Crippen LogP contribution in [0.3, 0.4) is 0 Å². The SMILES string of the molecule is CC(C)N(C)CC(O)CO.CC(C)N1CC(CO)OC1=O.CC(C)NCC(O)CO. The molecule has 0 aromatic carbocycles. The fourth-order valence-electron chi connectivity index (χ4n) is 2.10. The molecule has 1 rings (SSSR count). The van der Waals surface area contributed by atoms with Crippen molar-refractivity contribution in [2.45, 2.75) is 78.0 Å². The Morgan fingerprint density at radius 3 is 1.90 bits per heavy atom. The molecule has 1 amide bonds. The summed E-state index contributed by atoms with van der Waals surface area (Å²) in [5, 5.41) is 46.3. The van der Waals surface area contributed by atoms with Gasteiger partial charge in [-0.1, -0.05) is 13.8 Å². The molecule has 0 bridgehead atoms. The monoisotopic (exact) mass is 439 g/mol. The first-order valence-electron chi connectivity index (χ1n) is 10.5. The van der Waals surface area contributed by atoms with E-state index in [1.165, 1.54) is 0 Å². The van der Waals surface area contributed by atoms with Crippen LogP contribution < -0.4 is 5.32 Å². The van der Waals surface area contributed by atoms with E-state index in [4.69, 9.17) is 30.3 Å². The number of likely N-dealkylation sites (N-methyl/N-ethyl adjacent to an activating group) is 1. The molecule has 0 aliphatic carbocycles. The molecule has 10 heteroatoms. The van der Waals surface area contributed by atoms with Crippen LogP contribution in [0.15, 0.2) is 0 Å². The normalized spacial score (nSPS) is 18.2. The van der Waals surface area contributed by atoms with Crippen molar-refractivity contribution in [1.29, 1.82) is 0 Å². The number of carbonyl (C=O) groups excluding carboxylic acids is 1. The molecule has 3 atom stereocenters. The second-order valence-electron chi connectivity index (χ2n) is 8.20. The fourth-order valence-corrected chi connectivity index (χ4v) is 2.10. The number of carbonyl (C=O) groups is 1. The maximum absolute atomic E-state index is 11.0. The second kappa shape index (κ2) is 17.6. The van der Waals surface area contributed by atoms with E-state index in [0.29, 0.717) is 31.7 Å². The van der Waals surface area contributed by atoms with E-state index in [1.54, 1.807) is 4.90 Å². The Labute approximate surface area is 181 Å². The lowest BCUT2D eigenvalue weighted by Gasteiger charge is -2.22. The summed E-state index contributed by atoms with van der Waals surface area (Å²) in [5.41, 5.74) is 0. The van der Waals surface area contributed by atoms with Crippen molar-refractivity contribution in [2.75, 3.05) is 46.5 Å². The van der Waals surface area contributed by atoms with Crippen LogP contribution in [0.4, 0.5) is 4.79 Å². The van der Waals surface area contributed by atoms with Crippen LogP contribution in [0.2, 0.25) is 0 Å². The van der Waals surface area contributed by atoms with Gasteiger partial charge in [-0.25, -0.2) is 4.79 Å². The number of cyclic esters (lactones) is 1. The van der Waals surface area contributed by atoms with Gasteiger partial charge < -0.3 is 45.4 Å². The zero-order valence-electron chi connectivity index (χ0n) is 19.7. The minimum Gasteiger partial charge on any atom is -0.442 e. The first-order valence-corrected chi connectivity index (χ1v) is 10.5. The van der Waals surface area contributed by atoms with Crippen LogP contribution >= 0.6 is 0 Å². The van der Waals surface area contributed by atoms with Crippen molar-refractivity contribution in [2.24, 2.45) is 0 Å². The molecule has 3 unspecified atom stereocenters. The molecule has 10 nitrogen and oxygen atoms in total. The molecule has 1 aliphatic heterocycles. The fraction of sp³-hybridized carbons (Fsp3) is 0.950. The summed E-state index contributed by atoms with van der Waals surface area (Å²) >= 11 is 0. The molecule has 6 N–H and O–H groups in total. The van der Waals surface area contributed by atoms with Gasteiger partial charge in [0.15, 0.2) is 0 Å². The minimum atomic E-state index is -0.618. The Bertz CT molecular complexity index is 425. The number of aliphatic hydroxyl groups excluding tert-OH is 5. The summed E-state index contributed by atoms with van der Waals surface area (Å²) in [5.74, 6) is 0. The van der Waals surface area contributed by atoms with Gasteiger partial charge in [0, 0.05) is 31.2 Å². The molecule has 1 aliphatic rings. The van der Waals surface area contributed by atoms with Gasteiger partial charge in [-0.2, -0.15) is 0 Å². The summed E-state index contributed by atoms with van der Waals surface area (Å²) in [6.07, 6.45) is -1.87.